The normalized spacial score (nSPS) is 14.2. The van der Waals surface area contributed by atoms with E-state index < -0.39 is 24.3 Å². The van der Waals surface area contributed by atoms with Gasteiger partial charge in [0.1, 0.15) is 18.8 Å². The maximum atomic E-state index is 12.3. The molecule has 170 valence electrons. The number of carboxylic acid groups (broad SMARTS) is 1. The minimum atomic E-state index is -1.29. The van der Waals surface area contributed by atoms with Crippen molar-refractivity contribution in [3.05, 3.63) is 94.5 Å². The van der Waals surface area contributed by atoms with Crippen LogP contribution in [0.25, 0.3) is 11.1 Å². The van der Waals surface area contributed by atoms with E-state index in [2.05, 4.69) is 17.4 Å². The van der Waals surface area contributed by atoms with E-state index in [4.69, 9.17) is 9.84 Å². The molecule has 0 radical (unpaired) electrons. The molecule has 0 heterocycles. The van der Waals surface area contributed by atoms with E-state index in [1.54, 1.807) is 6.92 Å². The Balaban J connectivity index is 1.34. The van der Waals surface area contributed by atoms with Gasteiger partial charge in [0, 0.05) is 12.5 Å². The molecular weight excluding hydrogens is 422 g/mol. The zero-order valence-corrected chi connectivity index (χ0v) is 18.1. The monoisotopic (exact) mass is 447 g/mol. The Morgan fingerprint density at radius 2 is 1.58 bits per heavy atom. The number of aromatic carboxylic acids is 1. The summed E-state index contributed by atoms with van der Waals surface area (Å²) in [6.07, 6.45) is -3.28. The van der Waals surface area contributed by atoms with Crippen LogP contribution in [-0.2, 0) is 4.74 Å². The first-order valence-electron chi connectivity index (χ1n) is 10.7. The van der Waals surface area contributed by atoms with Gasteiger partial charge in [0.2, 0.25) is 0 Å². The quantitative estimate of drug-likeness (QED) is 0.440. The maximum absolute atomic E-state index is 12.3. The number of fused-ring (bicyclic) bond motifs is 3. The number of alkyl carbamates (subject to hydrolysis) is 1. The van der Waals surface area contributed by atoms with Crippen LogP contribution in [0.4, 0.5) is 4.79 Å². The fourth-order valence-electron chi connectivity index (χ4n) is 4.28. The van der Waals surface area contributed by atoms with Gasteiger partial charge in [-0.3, -0.25) is 0 Å². The van der Waals surface area contributed by atoms with Gasteiger partial charge in [0.05, 0.1) is 5.56 Å². The number of carbonyl (C=O) groups is 2. The van der Waals surface area contributed by atoms with E-state index in [1.165, 1.54) is 18.2 Å². The number of carboxylic acids is 1. The number of hydrogen-bond donors (Lipinski definition) is 4. The van der Waals surface area contributed by atoms with Crippen LogP contribution in [0, 0.1) is 6.92 Å². The largest absolute Gasteiger partial charge is 0.478 e. The Labute approximate surface area is 191 Å². The molecule has 0 aliphatic heterocycles. The molecule has 3 aromatic rings. The molecule has 1 aliphatic rings. The summed E-state index contributed by atoms with van der Waals surface area (Å²) >= 11 is 0. The molecule has 0 bridgehead atoms. The zero-order valence-electron chi connectivity index (χ0n) is 18.1. The number of rotatable bonds is 7. The number of nitrogens with one attached hydrogen (secondary N) is 1. The number of aliphatic hydroxyl groups excluding tert-OH is 2. The average molecular weight is 447 g/mol. The van der Waals surface area contributed by atoms with E-state index >= 15 is 0 Å². The summed E-state index contributed by atoms with van der Waals surface area (Å²) in [6, 6.07) is 20.4. The predicted octanol–water partition coefficient (Wildman–Crippen LogP) is 3.63. The fourth-order valence-corrected chi connectivity index (χ4v) is 4.28. The van der Waals surface area contributed by atoms with Gasteiger partial charge >= 0.3 is 12.1 Å². The van der Waals surface area contributed by atoms with Gasteiger partial charge in [-0.1, -0.05) is 60.7 Å². The van der Waals surface area contributed by atoms with E-state index in [1.807, 2.05) is 36.4 Å². The van der Waals surface area contributed by atoms with Crippen LogP contribution in [0.1, 0.15) is 44.6 Å². The van der Waals surface area contributed by atoms with Crippen LogP contribution >= 0.6 is 0 Å². The Bertz CT molecular complexity index is 1150. The van der Waals surface area contributed by atoms with Crippen molar-refractivity contribution in [2.24, 2.45) is 0 Å². The van der Waals surface area contributed by atoms with Crippen molar-refractivity contribution in [2.75, 3.05) is 13.2 Å². The third-order valence-electron chi connectivity index (χ3n) is 5.99. The summed E-state index contributed by atoms with van der Waals surface area (Å²) in [7, 11) is 0. The number of benzene rings is 3. The molecule has 3 aromatic carbocycles. The first-order chi connectivity index (χ1) is 15.9. The molecule has 0 aromatic heterocycles. The molecule has 7 nitrogen and oxygen atoms in total. The van der Waals surface area contributed by atoms with Gasteiger partial charge in [-0.15, -0.1) is 0 Å². The third kappa shape index (κ3) is 4.60. The van der Waals surface area contributed by atoms with Crippen molar-refractivity contribution in [3.63, 3.8) is 0 Å². The van der Waals surface area contributed by atoms with Crippen molar-refractivity contribution >= 4 is 12.1 Å². The molecule has 4 rings (SSSR count). The minimum absolute atomic E-state index is 0.0746. The maximum Gasteiger partial charge on any atom is 0.407 e. The second-order valence-corrected chi connectivity index (χ2v) is 8.10. The summed E-state index contributed by atoms with van der Waals surface area (Å²) < 4.78 is 5.43. The van der Waals surface area contributed by atoms with Crippen LogP contribution in [0.5, 0.6) is 0 Å². The van der Waals surface area contributed by atoms with Gasteiger partial charge in [-0.25, -0.2) is 9.59 Å². The third-order valence-corrected chi connectivity index (χ3v) is 5.99. The Hall–Kier alpha value is -3.68. The van der Waals surface area contributed by atoms with Crippen molar-refractivity contribution in [1.82, 2.24) is 5.32 Å². The number of amides is 1. The Morgan fingerprint density at radius 1 is 0.970 bits per heavy atom. The van der Waals surface area contributed by atoms with E-state index in [-0.39, 0.29) is 24.6 Å². The molecule has 4 N–H and O–H groups in total. The first-order valence-corrected chi connectivity index (χ1v) is 10.7. The Kier molecular flexibility index (Phi) is 6.44. The molecule has 0 spiro atoms. The molecular formula is C26H25NO6. The molecule has 1 aliphatic carbocycles. The van der Waals surface area contributed by atoms with Crippen molar-refractivity contribution in [2.45, 2.75) is 25.0 Å². The smallest absolute Gasteiger partial charge is 0.407 e. The lowest BCUT2D eigenvalue weighted by molar-refractivity contribution is 0.0185. The molecule has 0 saturated carbocycles. The van der Waals surface area contributed by atoms with Gasteiger partial charge in [-0.2, -0.15) is 0 Å². The average Bonchev–Trinajstić information content (AvgIpc) is 3.14. The van der Waals surface area contributed by atoms with Crippen LogP contribution in [0.2, 0.25) is 0 Å². The lowest BCUT2D eigenvalue weighted by atomic mass is 9.98. The number of ether oxygens (including phenoxy) is 1. The van der Waals surface area contributed by atoms with Crippen LogP contribution < -0.4 is 5.32 Å². The van der Waals surface area contributed by atoms with Crippen LogP contribution in [0.15, 0.2) is 66.7 Å². The van der Waals surface area contributed by atoms with E-state index in [0.29, 0.717) is 11.1 Å². The second-order valence-electron chi connectivity index (χ2n) is 8.10. The summed E-state index contributed by atoms with van der Waals surface area (Å²) in [5.74, 6) is -1.14. The summed E-state index contributed by atoms with van der Waals surface area (Å²) in [4.78, 5) is 23.4. The number of hydrogen-bond acceptors (Lipinski definition) is 5. The van der Waals surface area contributed by atoms with E-state index in [0.717, 1.165) is 22.3 Å². The summed E-state index contributed by atoms with van der Waals surface area (Å²) in [5, 5.41) is 32.3. The van der Waals surface area contributed by atoms with E-state index in [9.17, 15) is 19.8 Å². The summed E-state index contributed by atoms with van der Waals surface area (Å²) in [5.41, 5.74) is 5.41. The Morgan fingerprint density at radius 3 is 2.15 bits per heavy atom. The lowest BCUT2D eigenvalue weighted by Crippen LogP contribution is -2.36. The highest BCUT2D eigenvalue weighted by molar-refractivity contribution is 5.89. The zero-order chi connectivity index (χ0) is 23.5. The number of carbonyl (C=O) groups excluding carboxylic acids is 1. The van der Waals surface area contributed by atoms with Crippen molar-refractivity contribution in [1.29, 1.82) is 0 Å². The topological polar surface area (TPSA) is 116 Å². The molecule has 2 unspecified atom stereocenters. The van der Waals surface area contributed by atoms with Crippen molar-refractivity contribution in [3.8, 4) is 11.1 Å². The minimum Gasteiger partial charge on any atom is -0.478 e. The van der Waals surface area contributed by atoms with Gasteiger partial charge in [0.25, 0.3) is 0 Å². The highest BCUT2D eigenvalue weighted by Gasteiger charge is 2.29. The van der Waals surface area contributed by atoms with Crippen LogP contribution in [-0.4, -0.2) is 46.6 Å². The van der Waals surface area contributed by atoms with Crippen LogP contribution in [0.3, 0.4) is 0 Å². The number of aliphatic hydroxyl groups is 2. The molecule has 1 amide bonds. The van der Waals surface area contributed by atoms with Crippen molar-refractivity contribution < 1.29 is 29.6 Å². The molecule has 0 fully saturated rings. The highest BCUT2D eigenvalue weighted by Crippen LogP contribution is 2.44. The first kappa shape index (κ1) is 22.5. The second kappa shape index (κ2) is 9.44. The summed E-state index contributed by atoms with van der Waals surface area (Å²) in [6.45, 7) is 1.53. The standard InChI is InChI=1S/C26H25NO6/c1-15-12-16(10-11-17(15)25(30)31)24(29)23(28)13-27-26(32)33-14-22-20-8-4-2-6-18(20)19-7-3-5-9-21(19)22/h2-12,22-24,28-29H,13-14H2,1H3,(H,27,32)(H,30,31). The predicted molar refractivity (Wildman–Crippen MR) is 122 cm³/mol. The molecule has 2 atom stereocenters. The SMILES string of the molecule is Cc1cc(C(O)C(O)CNC(=O)OCC2c3ccccc3-c3ccccc32)ccc1C(=O)O. The molecule has 0 saturated heterocycles. The van der Waals surface area contributed by atoms with Gasteiger partial charge in [-0.05, 0) is 46.4 Å². The van der Waals surface area contributed by atoms with Gasteiger partial charge < -0.3 is 25.4 Å². The highest BCUT2D eigenvalue weighted by atomic mass is 16.5. The number of aryl methyl sites for hydroxylation is 1. The van der Waals surface area contributed by atoms with Gasteiger partial charge in [0.15, 0.2) is 0 Å². The lowest BCUT2D eigenvalue weighted by Gasteiger charge is -2.20. The molecule has 7 heteroatoms. The fraction of sp³-hybridized carbons (Fsp3) is 0.231. The molecule has 33 heavy (non-hydrogen) atoms.